The summed E-state index contributed by atoms with van der Waals surface area (Å²) in [6, 6.07) is 30.4. The summed E-state index contributed by atoms with van der Waals surface area (Å²) in [5, 5.41) is -0.0749. The van der Waals surface area contributed by atoms with E-state index in [1.807, 2.05) is 54.6 Å². The van der Waals surface area contributed by atoms with Crippen molar-refractivity contribution < 1.29 is 19.1 Å². The van der Waals surface area contributed by atoms with Crippen molar-refractivity contribution in [3.63, 3.8) is 0 Å². The molecule has 2 aliphatic heterocycles. The Hall–Kier alpha value is -3.84. The molecule has 7 heteroatoms. The molecule has 0 N–H and O–H groups in total. The SMILES string of the molecule is C=CCOC(=O)N1C[C@@H](SC(c2ccccc2)(c2ccccc2)c2ccccc2)C[C@H]1C(=O)N1CCC(=O)C1. The predicted molar refractivity (Wildman–Crippen MR) is 153 cm³/mol. The Kier molecular flexibility index (Phi) is 8.17. The summed E-state index contributed by atoms with van der Waals surface area (Å²) in [4.78, 5) is 41.8. The van der Waals surface area contributed by atoms with Gasteiger partial charge in [-0.25, -0.2) is 4.79 Å². The first-order valence-electron chi connectivity index (χ1n) is 13.2. The largest absolute Gasteiger partial charge is 0.445 e. The molecule has 39 heavy (non-hydrogen) atoms. The fourth-order valence-corrected chi connectivity index (χ4v) is 7.36. The number of ketones is 1. The van der Waals surface area contributed by atoms with E-state index in [2.05, 4.69) is 43.0 Å². The maximum atomic E-state index is 13.6. The van der Waals surface area contributed by atoms with Crippen molar-refractivity contribution in [2.45, 2.75) is 28.9 Å². The highest BCUT2D eigenvalue weighted by atomic mass is 32.2. The van der Waals surface area contributed by atoms with Crippen LogP contribution in [0.2, 0.25) is 0 Å². The van der Waals surface area contributed by atoms with Crippen LogP contribution in [-0.2, 0) is 19.1 Å². The number of thioether (sulfide) groups is 1. The van der Waals surface area contributed by atoms with Crippen LogP contribution in [0.15, 0.2) is 104 Å². The lowest BCUT2D eigenvalue weighted by atomic mass is 9.84. The summed E-state index contributed by atoms with van der Waals surface area (Å²) in [5.74, 6) is -0.145. The third-order valence-corrected chi connectivity index (χ3v) is 9.07. The molecule has 2 atom stereocenters. The number of nitrogens with zero attached hydrogens (tertiary/aromatic N) is 2. The Morgan fingerprint density at radius 1 is 0.923 bits per heavy atom. The number of likely N-dealkylation sites (tertiary alicyclic amines) is 2. The van der Waals surface area contributed by atoms with Crippen molar-refractivity contribution in [3.8, 4) is 0 Å². The second-order valence-electron chi connectivity index (χ2n) is 9.84. The molecule has 5 rings (SSSR count). The highest BCUT2D eigenvalue weighted by molar-refractivity contribution is 8.01. The van der Waals surface area contributed by atoms with Crippen molar-refractivity contribution in [1.82, 2.24) is 9.80 Å². The van der Waals surface area contributed by atoms with Gasteiger partial charge in [0.25, 0.3) is 0 Å². The van der Waals surface area contributed by atoms with Crippen molar-refractivity contribution in [1.29, 1.82) is 0 Å². The van der Waals surface area contributed by atoms with Gasteiger partial charge >= 0.3 is 6.09 Å². The van der Waals surface area contributed by atoms with Crippen LogP contribution in [0, 0.1) is 0 Å². The molecule has 2 aliphatic rings. The quantitative estimate of drug-likeness (QED) is 0.287. The second kappa shape index (κ2) is 11.9. The maximum Gasteiger partial charge on any atom is 0.410 e. The van der Waals surface area contributed by atoms with Gasteiger partial charge in [-0.15, -0.1) is 11.8 Å². The first-order chi connectivity index (χ1) is 19.0. The maximum absolute atomic E-state index is 13.6. The zero-order chi connectivity index (χ0) is 27.2. The Balaban J connectivity index is 1.55. The molecule has 2 fully saturated rings. The fraction of sp³-hybridized carbons (Fsp3) is 0.281. The summed E-state index contributed by atoms with van der Waals surface area (Å²) >= 11 is 1.76. The molecule has 0 bridgehead atoms. The summed E-state index contributed by atoms with van der Waals surface area (Å²) in [5.41, 5.74) is 3.36. The highest BCUT2D eigenvalue weighted by Gasteiger charge is 2.47. The Bertz CT molecular complexity index is 1220. The molecule has 2 amide bonds. The van der Waals surface area contributed by atoms with Crippen LogP contribution in [-0.4, -0.2) is 65.1 Å². The van der Waals surface area contributed by atoms with Gasteiger partial charge in [0.2, 0.25) is 5.91 Å². The summed E-state index contributed by atoms with van der Waals surface area (Å²) in [6.07, 6.45) is 1.80. The molecule has 6 nitrogen and oxygen atoms in total. The van der Waals surface area contributed by atoms with Gasteiger partial charge in [-0.2, -0.15) is 0 Å². The molecule has 2 heterocycles. The van der Waals surface area contributed by atoms with Crippen LogP contribution in [0.1, 0.15) is 29.5 Å². The number of rotatable bonds is 8. The first kappa shape index (κ1) is 26.8. The molecule has 0 unspecified atom stereocenters. The number of Topliss-reactive ketones (excluding diaryl/α,β-unsaturated/α-hetero) is 1. The molecule has 0 aliphatic carbocycles. The molecule has 200 valence electrons. The number of benzene rings is 3. The van der Waals surface area contributed by atoms with Crippen LogP contribution in [0.25, 0.3) is 0 Å². The van der Waals surface area contributed by atoms with Crippen LogP contribution in [0.5, 0.6) is 0 Å². The number of amides is 2. The average molecular weight is 541 g/mol. The van der Waals surface area contributed by atoms with Gasteiger partial charge < -0.3 is 9.64 Å². The van der Waals surface area contributed by atoms with Crippen LogP contribution in [0.4, 0.5) is 4.79 Å². The van der Waals surface area contributed by atoms with Gasteiger partial charge in [0.1, 0.15) is 12.6 Å². The standard InChI is InChI=1S/C32H32N2O4S/c1-2-20-38-31(37)34-23-28(21-29(34)30(36)33-19-18-27(35)22-33)39-32(24-12-6-3-7-13-24,25-14-8-4-9-15-25)26-16-10-5-11-17-26/h2-17,28-29H,1,18-23H2/t28-,29-/m0/s1. The van der Waals surface area contributed by atoms with Crippen molar-refractivity contribution in [2.24, 2.45) is 0 Å². The monoisotopic (exact) mass is 540 g/mol. The van der Waals surface area contributed by atoms with Gasteiger partial charge in [0.15, 0.2) is 5.78 Å². The lowest BCUT2D eigenvalue weighted by molar-refractivity contribution is -0.135. The summed E-state index contributed by atoms with van der Waals surface area (Å²) in [6.45, 7) is 4.55. The molecule has 0 spiro atoms. The van der Waals surface area contributed by atoms with Gasteiger partial charge in [0, 0.05) is 24.8 Å². The molecule has 2 saturated heterocycles. The smallest absolute Gasteiger partial charge is 0.410 e. The van der Waals surface area contributed by atoms with E-state index in [-0.39, 0.29) is 30.1 Å². The van der Waals surface area contributed by atoms with Crippen molar-refractivity contribution >= 4 is 29.5 Å². The minimum atomic E-state index is -0.689. The minimum Gasteiger partial charge on any atom is -0.445 e. The second-order valence-corrected chi connectivity index (χ2v) is 11.4. The topological polar surface area (TPSA) is 66.9 Å². The Labute approximate surface area is 233 Å². The lowest BCUT2D eigenvalue weighted by Crippen LogP contribution is -2.47. The van der Waals surface area contributed by atoms with E-state index in [4.69, 9.17) is 4.74 Å². The number of hydrogen-bond donors (Lipinski definition) is 0. The van der Waals surface area contributed by atoms with E-state index in [9.17, 15) is 14.4 Å². The first-order valence-corrected chi connectivity index (χ1v) is 14.1. The van der Waals surface area contributed by atoms with E-state index in [1.54, 1.807) is 16.7 Å². The van der Waals surface area contributed by atoms with E-state index < -0.39 is 16.9 Å². The van der Waals surface area contributed by atoms with Gasteiger partial charge in [-0.3, -0.25) is 14.5 Å². The molecule has 0 aromatic heterocycles. The third kappa shape index (κ3) is 5.50. The number of carbonyl (C=O) groups is 3. The van der Waals surface area contributed by atoms with Crippen LogP contribution < -0.4 is 0 Å². The van der Waals surface area contributed by atoms with Gasteiger partial charge in [0.05, 0.1) is 11.3 Å². The molecule has 3 aromatic carbocycles. The van der Waals surface area contributed by atoms with E-state index in [0.29, 0.717) is 25.9 Å². The van der Waals surface area contributed by atoms with Crippen molar-refractivity contribution in [3.05, 3.63) is 120 Å². The predicted octanol–water partition coefficient (Wildman–Crippen LogP) is 5.28. The normalized spacial score (nSPS) is 19.2. The Morgan fingerprint density at radius 2 is 1.46 bits per heavy atom. The number of hydrogen-bond acceptors (Lipinski definition) is 5. The zero-order valence-electron chi connectivity index (χ0n) is 21.8. The highest BCUT2D eigenvalue weighted by Crippen LogP contribution is 2.52. The number of carbonyl (C=O) groups excluding carboxylic acids is 3. The van der Waals surface area contributed by atoms with E-state index in [0.717, 1.165) is 16.7 Å². The molecule has 0 saturated carbocycles. The van der Waals surface area contributed by atoms with E-state index in [1.165, 1.54) is 11.0 Å². The molecular formula is C32H32N2O4S. The fourth-order valence-electron chi connectivity index (χ4n) is 5.53. The molecular weight excluding hydrogens is 508 g/mol. The lowest BCUT2D eigenvalue weighted by Gasteiger charge is -2.37. The molecule has 0 radical (unpaired) electrons. The average Bonchev–Trinajstić information content (AvgIpc) is 3.62. The summed E-state index contributed by atoms with van der Waals surface area (Å²) in [7, 11) is 0. The Morgan fingerprint density at radius 3 is 1.92 bits per heavy atom. The van der Waals surface area contributed by atoms with Crippen LogP contribution >= 0.6 is 11.8 Å². The number of ether oxygens (including phenoxy) is 1. The third-order valence-electron chi connectivity index (χ3n) is 7.33. The molecule has 3 aromatic rings. The van der Waals surface area contributed by atoms with E-state index >= 15 is 0 Å². The minimum absolute atomic E-state index is 0.0457. The van der Waals surface area contributed by atoms with Gasteiger partial charge in [-0.05, 0) is 23.1 Å². The zero-order valence-corrected chi connectivity index (χ0v) is 22.6. The van der Waals surface area contributed by atoms with Gasteiger partial charge in [-0.1, -0.05) is 104 Å². The van der Waals surface area contributed by atoms with Crippen molar-refractivity contribution in [2.75, 3.05) is 26.2 Å². The summed E-state index contributed by atoms with van der Waals surface area (Å²) < 4.78 is 4.82. The van der Waals surface area contributed by atoms with Crippen LogP contribution in [0.3, 0.4) is 0 Å².